The number of ether oxygens (including phenoxy) is 1. The van der Waals surface area contributed by atoms with Crippen LogP contribution in [-0.4, -0.2) is 28.7 Å². The number of hydrogen-bond donors (Lipinski definition) is 2. The molecule has 1 aromatic heterocycles. The zero-order valence-corrected chi connectivity index (χ0v) is 12.4. The minimum Gasteiger partial charge on any atom is -0.493 e. The van der Waals surface area contributed by atoms with Gasteiger partial charge in [-0.05, 0) is 40.9 Å². The molecule has 0 radical (unpaired) electrons. The van der Waals surface area contributed by atoms with Gasteiger partial charge in [-0.15, -0.1) is 10.2 Å². The summed E-state index contributed by atoms with van der Waals surface area (Å²) in [6, 6.07) is 2.47. The number of carbonyl (C=O) groups excluding carboxylic acids is 1. The first kappa shape index (κ1) is 14.2. The number of hydrogen-bond acceptors (Lipinski definition) is 4. The van der Waals surface area contributed by atoms with Gasteiger partial charge in [0.1, 0.15) is 11.9 Å². The third-order valence-corrected chi connectivity index (χ3v) is 3.86. The van der Waals surface area contributed by atoms with E-state index in [-0.39, 0.29) is 11.6 Å². The minimum atomic E-state index is -0.579. The van der Waals surface area contributed by atoms with Crippen LogP contribution in [0.1, 0.15) is 12.8 Å². The molecule has 1 amide bonds. The van der Waals surface area contributed by atoms with Crippen LogP contribution in [0.2, 0.25) is 0 Å². The number of aromatic amines is 1. The molecule has 0 saturated carbocycles. The lowest BCUT2D eigenvalue weighted by molar-refractivity contribution is -0.126. The summed E-state index contributed by atoms with van der Waals surface area (Å²) in [6.45, 7) is 0.530. The van der Waals surface area contributed by atoms with Crippen LogP contribution < -0.4 is 0 Å². The number of nitrogens with one attached hydrogen (secondary N) is 1. The van der Waals surface area contributed by atoms with E-state index in [0.29, 0.717) is 28.4 Å². The van der Waals surface area contributed by atoms with Crippen molar-refractivity contribution in [3.05, 3.63) is 22.4 Å². The molecule has 1 aromatic carbocycles. The van der Waals surface area contributed by atoms with Gasteiger partial charge in [0.15, 0.2) is 5.69 Å². The first-order valence-corrected chi connectivity index (χ1v) is 7.12. The number of halogens is 2. The number of aromatic hydroxyl groups is 1. The van der Waals surface area contributed by atoms with Crippen molar-refractivity contribution < 1.29 is 19.0 Å². The summed E-state index contributed by atoms with van der Waals surface area (Å²) >= 11 is 3.19. The molecule has 3 rings (SSSR count). The van der Waals surface area contributed by atoms with Gasteiger partial charge in [-0.3, -0.25) is 4.79 Å². The zero-order valence-electron chi connectivity index (χ0n) is 10.8. The number of azo groups is 1. The number of nitrogens with zero attached hydrogens (tertiary/aromatic N) is 2. The Hall–Kier alpha value is -1.80. The molecule has 2 N–H and O–H groups in total. The minimum absolute atomic E-state index is 0.0246. The van der Waals surface area contributed by atoms with E-state index in [1.807, 2.05) is 0 Å². The average Bonchev–Trinajstić information content (AvgIpc) is 3.05. The zero-order chi connectivity index (χ0) is 15.0. The second kappa shape index (κ2) is 5.53. The van der Waals surface area contributed by atoms with Crippen LogP contribution in [0.5, 0.6) is 5.88 Å². The van der Waals surface area contributed by atoms with Crippen molar-refractivity contribution in [1.29, 1.82) is 0 Å². The molecule has 0 aliphatic carbocycles. The fourth-order valence-corrected chi connectivity index (χ4v) is 2.76. The lowest BCUT2D eigenvalue weighted by Gasteiger charge is -2.01. The van der Waals surface area contributed by atoms with E-state index in [9.17, 15) is 14.3 Å². The van der Waals surface area contributed by atoms with E-state index in [0.717, 1.165) is 6.42 Å². The maximum atomic E-state index is 13.4. The molecule has 0 bridgehead atoms. The summed E-state index contributed by atoms with van der Waals surface area (Å²) in [5, 5.41) is 17.5. The van der Waals surface area contributed by atoms with Crippen molar-refractivity contribution in [1.82, 2.24) is 4.98 Å². The summed E-state index contributed by atoms with van der Waals surface area (Å²) in [6.07, 6.45) is 0.838. The van der Waals surface area contributed by atoms with Crippen molar-refractivity contribution in [2.24, 2.45) is 10.2 Å². The van der Waals surface area contributed by atoms with E-state index >= 15 is 0 Å². The van der Waals surface area contributed by atoms with E-state index < -0.39 is 17.8 Å². The maximum absolute atomic E-state index is 13.4. The lowest BCUT2D eigenvalue weighted by atomic mass is 10.2. The Morgan fingerprint density at radius 1 is 1.52 bits per heavy atom. The highest BCUT2D eigenvalue weighted by molar-refractivity contribution is 9.10. The highest BCUT2D eigenvalue weighted by Crippen LogP contribution is 2.39. The number of benzene rings is 1. The predicted molar refractivity (Wildman–Crippen MR) is 76.1 cm³/mol. The van der Waals surface area contributed by atoms with Gasteiger partial charge in [0.2, 0.25) is 5.88 Å². The Morgan fingerprint density at radius 3 is 3.05 bits per heavy atom. The van der Waals surface area contributed by atoms with Crippen molar-refractivity contribution in [3.63, 3.8) is 0 Å². The molecule has 1 atom stereocenters. The highest BCUT2D eigenvalue weighted by atomic mass is 79.9. The van der Waals surface area contributed by atoms with Crippen molar-refractivity contribution >= 4 is 38.4 Å². The number of rotatable bonds is 2. The van der Waals surface area contributed by atoms with Gasteiger partial charge in [-0.2, -0.15) is 0 Å². The van der Waals surface area contributed by atoms with E-state index in [4.69, 9.17) is 4.74 Å². The summed E-state index contributed by atoms with van der Waals surface area (Å²) in [4.78, 5) is 14.4. The molecule has 1 aliphatic rings. The molecule has 1 unspecified atom stereocenters. The Balaban J connectivity index is 1.96. The lowest BCUT2D eigenvalue weighted by Crippen LogP contribution is -2.16. The van der Waals surface area contributed by atoms with Crippen LogP contribution in [-0.2, 0) is 9.53 Å². The van der Waals surface area contributed by atoms with Gasteiger partial charge >= 0.3 is 0 Å². The van der Waals surface area contributed by atoms with Crippen LogP contribution in [0, 0.1) is 5.82 Å². The monoisotopic (exact) mass is 355 g/mol. The predicted octanol–water partition coefficient (Wildman–Crippen LogP) is 3.56. The molecule has 21 heavy (non-hydrogen) atoms. The largest absolute Gasteiger partial charge is 0.493 e. The van der Waals surface area contributed by atoms with Crippen LogP contribution in [0.15, 0.2) is 26.8 Å². The third-order valence-electron chi connectivity index (χ3n) is 3.23. The molecule has 2 aromatic rings. The quantitative estimate of drug-likeness (QED) is 0.807. The van der Waals surface area contributed by atoms with Crippen molar-refractivity contribution in [2.75, 3.05) is 6.61 Å². The summed E-state index contributed by atoms with van der Waals surface area (Å²) in [5.41, 5.74) is 0.504. The van der Waals surface area contributed by atoms with Crippen molar-refractivity contribution in [2.45, 2.75) is 18.9 Å². The van der Waals surface area contributed by atoms with Crippen LogP contribution in [0.3, 0.4) is 0 Å². The first-order chi connectivity index (χ1) is 10.1. The van der Waals surface area contributed by atoms with Crippen LogP contribution in [0.25, 0.3) is 10.9 Å². The highest BCUT2D eigenvalue weighted by Gasteiger charge is 2.24. The Kier molecular flexibility index (Phi) is 3.73. The number of H-pyrrole nitrogens is 1. The average molecular weight is 356 g/mol. The van der Waals surface area contributed by atoms with Gasteiger partial charge in [0.25, 0.3) is 5.91 Å². The molecule has 6 nitrogen and oxygen atoms in total. The second-order valence-electron chi connectivity index (χ2n) is 4.67. The number of aromatic nitrogens is 1. The van der Waals surface area contributed by atoms with Gasteiger partial charge in [0, 0.05) is 16.5 Å². The Morgan fingerprint density at radius 2 is 2.33 bits per heavy atom. The Bertz CT molecular complexity index is 738. The fraction of sp³-hybridized carbons (Fsp3) is 0.308. The van der Waals surface area contributed by atoms with Crippen LogP contribution >= 0.6 is 15.9 Å². The standard InChI is InChI=1S/C13H11BrFN3O3/c14-8-5-6(15)4-7-10(8)16-13(20)11(7)17-18-12(19)9-2-1-3-21-9/h4-5,9,16,20H,1-3H2. The van der Waals surface area contributed by atoms with Crippen molar-refractivity contribution in [3.8, 4) is 5.88 Å². The molecule has 1 fully saturated rings. The third kappa shape index (κ3) is 2.68. The van der Waals surface area contributed by atoms with E-state index in [1.54, 1.807) is 0 Å². The summed E-state index contributed by atoms with van der Waals surface area (Å²) in [5.74, 6) is -1.27. The molecular weight excluding hydrogens is 345 g/mol. The topological polar surface area (TPSA) is 87.0 Å². The number of fused-ring (bicyclic) bond motifs is 1. The van der Waals surface area contributed by atoms with Crippen LogP contribution in [0.4, 0.5) is 10.1 Å². The molecule has 2 heterocycles. The number of carbonyl (C=O) groups is 1. The number of amides is 1. The summed E-state index contributed by atoms with van der Waals surface area (Å²) in [7, 11) is 0. The van der Waals surface area contributed by atoms with E-state index in [2.05, 4.69) is 31.1 Å². The SMILES string of the molecule is O=C(N=Nc1c(O)[nH]c2c(Br)cc(F)cc12)C1CCCO1. The molecule has 1 saturated heterocycles. The van der Waals surface area contributed by atoms with Gasteiger partial charge < -0.3 is 14.8 Å². The molecule has 1 aliphatic heterocycles. The molecule has 8 heteroatoms. The maximum Gasteiger partial charge on any atom is 0.293 e. The van der Waals surface area contributed by atoms with Gasteiger partial charge in [0.05, 0.1) is 5.52 Å². The fourth-order valence-electron chi connectivity index (χ4n) is 2.23. The summed E-state index contributed by atoms with van der Waals surface area (Å²) < 4.78 is 19.1. The first-order valence-electron chi connectivity index (χ1n) is 6.33. The van der Waals surface area contributed by atoms with Gasteiger partial charge in [-0.25, -0.2) is 4.39 Å². The van der Waals surface area contributed by atoms with Gasteiger partial charge in [-0.1, -0.05) is 0 Å². The second-order valence-corrected chi connectivity index (χ2v) is 5.53. The van der Waals surface area contributed by atoms with E-state index in [1.165, 1.54) is 12.1 Å². The molecule has 0 spiro atoms. The molecular formula is C13H11BrFN3O3. The Labute approximate surface area is 127 Å². The molecule has 110 valence electrons. The smallest absolute Gasteiger partial charge is 0.293 e. The normalized spacial score (nSPS) is 18.9.